The molecular weight excluding hydrogens is 372 g/mol. The number of hydrogen-bond donors (Lipinski definition) is 0. The first-order chi connectivity index (χ1) is 13.8. The summed E-state index contributed by atoms with van der Waals surface area (Å²) in [7, 11) is 5.68. The van der Waals surface area contributed by atoms with Crippen LogP contribution in [0.5, 0.6) is 11.5 Å². The van der Waals surface area contributed by atoms with Crippen molar-refractivity contribution in [1.82, 2.24) is 0 Å². The number of esters is 2. The van der Waals surface area contributed by atoms with E-state index in [1.54, 1.807) is 7.11 Å². The first-order valence-electron chi connectivity index (χ1n) is 10.2. The Kier molecular flexibility index (Phi) is 5.84. The van der Waals surface area contributed by atoms with Crippen molar-refractivity contribution in [3.8, 4) is 11.5 Å². The Morgan fingerprint density at radius 1 is 0.966 bits per heavy atom. The molecule has 0 radical (unpaired) electrons. The van der Waals surface area contributed by atoms with E-state index in [0.717, 1.165) is 36.8 Å². The molecule has 1 aromatic carbocycles. The van der Waals surface area contributed by atoms with Crippen molar-refractivity contribution in [2.45, 2.75) is 58.3 Å². The Morgan fingerprint density at radius 3 is 2.07 bits per heavy atom. The van der Waals surface area contributed by atoms with Crippen LogP contribution in [0, 0.1) is 11.3 Å². The number of methoxy groups -OCH3 is 4. The van der Waals surface area contributed by atoms with Crippen LogP contribution >= 0.6 is 0 Å². The number of fused-ring (bicyclic) bond motifs is 3. The minimum atomic E-state index is -0.586. The molecule has 6 nitrogen and oxygen atoms in total. The van der Waals surface area contributed by atoms with Gasteiger partial charge in [0.1, 0.15) is 16.9 Å². The van der Waals surface area contributed by atoms with Gasteiger partial charge in [0.25, 0.3) is 0 Å². The van der Waals surface area contributed by atoms with E-state index in [-0.39, 0.29) is 28.6 Å². The van der Waals surface area contributed by atoms with Crippen molar-refractivity contribution in [3.05, 3.63) is 22.3 Å². The second kappa shape index (κ2) is 7.88. The fraction of sp³-hybridized carbons (Fsp3) is 0.652. The zero-order chi connectivity index (χ0) is 21.5. The average Bonchev–Trinajstić information content (AvgIpc) is 3.19. The molecule has 2 aliphatic carbocycles. The van der Waals surface area contributed by atoms with Gasteiger partial charge in [-0.05, 0) is 48.0 Å². The second-order valence-corrected chi connectivity index (χ2v) is 8.76. The Hall–Kier alpha value is -2.24. The van der Waals surface area contributed by atoms with Crippen LogP contribution in [0.25, 0.3) is 0 Å². The Morgan fingerprint density at radius 2 is 1.55 bits per heavy atom. The monoisotopic (exact) mass is 404 g/mol. The highest BCUT2D eigenvalue weighted by molar-refractivity contribution is 6.04. The third-order valence-corrected chi connectivity index (χ3v) is 6.88. The lowest BCUT2D eigenvalue weighted by molar-refractivity contribution is 0.0588. The normalized spacial score (nSPS) is 24.8. The van der Waals surface area contributed by atoms with Crippen LogP contribution in [0.15, 0.2) is 0 Å². The number of ether oxygens (including phenoxy) is 4. The second-order valence-electron chi connectivity index (χ2n) is 8.76. The molecule has 0 saturated heterocycles. The molecule has 0 heterocycles. The molecule has 3 rings (SSSR count). The van der Waals surface area contributed by atoms with Crippen LogP contribution in [0.2, 0.25) is 0 Å². The van der Waals surface area contributed by atoms with Crippen LogP contribution in [0.3, 0.4) is 0 Å². The molecule has 160 valence electrons. The zero-order valence-corrected chi connectivity index (χ0v) is 18.5. The predicted octanol–water partition coefficient (Wildman–Crippen LogP) is 4.69. The molecule has 2 aliphatic rings. The van der Waals surface area contributed by atoms with E-state index in [1.165, 1.54) is 21.3 Å². The molecule has 0 aromatic heterocycles. The van der Waals surface area contributed by atoms with Gasteiger partial charge in [0, 0.05) is 5.56 Å². The molecule has 6 heteroatoms. The zero-order valence-electron chi connectivity index (χ0n) is 18.5. The van der Waals surface area contributed by atoms with E-state index in [4.69, 9.17) is 18.9 Å². The van der Waals surface area contributed by atoms with Crippen molar-refractivity contribution in [3.63, 3.8) is 0 Å². The minimum Gasteiger partial charge on any atom is -0.495 e. The largest absolute Gasteiger partial charge is 0.495 e. The van der Waals surface area contributed by atoms with Crippen molar-refractivity contribution in [2.24, 2.45) is 11.3 Å². The first kappa shape index (κ1) is 21.5. The molecule has 0 N–H and O–H groups in total. The summed E-state index contributed by atoms with van der Waals surface area (Å²) in [6.45, 7) is 6.70. The summed E-state index contributed by atoms with van der Waals surface area (Å²) >= 11 is 0. The maximum Gasteiger partial charge on any atom is 0.345 e. The Bertz CT molecular complexity index is 827. The fourth-order valence-electron chi connectivity index (χ4n) is 5.73. The minimum absolute atomic E-state index is 0.00239. The SMILES string of the molecule is COC(=O)c1c(OC)c(C(=O)OC)c2c(c1OC)[C@H](CC(C)C)[C@@]1(C)CCC[C@@H]21. The first-order valence-corrected chi connectivity index (χ1v) is 10.2. The van der Waals surface area contributed by atoms with E-state index in [9.17, 15) is 9.59 Å². The van der Waals surface area contributed by atoms with E-state index < -0.39 is 11.9 Å². The number of hydrogen-bond acceptors (Lipinski definition) is 6. The lowest BCUT2D eigenvalue weighted by Gasteiger charge is -2.33. The highest BCUT2D eigenvalue weighted by Gasteiger charge is 2.56. The van der Waals surface area contributed by atoms with Gasteiger partial charge in [0.15, 0.2) is 5.75 Å². The lowest BCUT2D eigenvalue weighted by atomic mass is 9.70. The molecule has 0 unspecified atom stereocenters. The molecule has 3 atom stereocenters. The van der Waals surface area contributed by atoms with Crippen LogP contribution in [0.1, 0.15) is 90.1 Å². The van der Waals surface area contributed by atoms with E-state index >= 15 is 0 Å². The van der Waals surface area contributed by atoms with Crippen molar-refractivity contribution >= 4 is 11.9 Å². The van der Waals surface area contributed by atoms with Crippen molar-refractivity contribution in [2.75, 3.05) is 28.4 Å². The number of carbonyl (C=O) groups excluding carboxylic acids is 2. The van der Waals surface area contributed by atoms with Gasteiger partial charge in [-0.15, -0.1) is 0 Å². The molecule has 1 saturated carbocycles. The van der Waals surface area contributed by atoms with Gasteiger partial charge in [-0.3, -0.25) is 0 Å². The maximum absolute atomic E-state index is 12.9. The van der Waals surface area contributed by atoms with Crippen LogP contribution in [-0.2, 0) is 9.47 Å². The van der Waals surface area contributed by atoms with Crippen LogP contribution in [-0.4, -0.2) is 40.4 Å². The van der Waals surface area contributed by atoms with E-state index in [2.05, 4.69) is 20.8 Å². The highest BCUT2D eigenvalue weighted by atomic mass is 16.5. The summed E-state index contributed by atoms with van der Waals surface area (Å²) in [5.41, 5.74) is 2.39. The van der Waals surface area contributed by atoms with Crippen LogP contribution in [0.4, 0.5) is 0 Å². The van der Waals surface area contributed by atoms with E-state index in [0.29, 0.717) is 17.2 Å². The topological polar surface area (TPSA) is 71.1 Å². The molecule has 1 aromatic rings. The standard InChI is InChI=1S/C23H32O6/c1-12(2)11-14-16-15(13-9-8-10-23(13,14)3)17(21(24)28-6)20(27-5)18(19(16)26-4)22(25)29-7/h12-14H,8-11H2,1-7H3/t13-,14-,23-/m0/s1. The fourth-order valence-corrected chi connectivity index (χ4v) is 5.73. The van der Waals surface area contributed by atoms with Gasteiger partial charge in [-0.2, -0.15) is 0 Å². The molecule has 0 bridgehead atoms. The van der Waals surface area contributed by atoms with Crippen LogP contribution < -0.4 is 9.47 Å². The third-order valence-electron chi connectivity index (χ3n) is 6.88. The van der Waals surface area contributed by atoms with Crippen molar-refractivity contribution in [1.29, 1.82) is 0 Å². The lowest BCUT2D eigenvalue weighted by Crippen LogP contribution is -2.23. The van der Waals surface area contributed by atoms with Gasteiger partial charge < -0.3 is 18.9 Å². The summed E-state index contributed by atoms with van der Waals surface area (Å²) in [5.74, 6) is 0.403. The number of rotatable bonds is 6. The summed E-state index contributed by atoms with van der Waals surface area (Å²) in [6, 6.07) is 0. The quantitative estimate of drug-likeness (QED) is 0.641. The molecule has 0 aliphatic heterocycles. The summed E-state index contributed by atoms with van der Waals surface area (Å²) in [6.07, 6.45) is 4.12. The summed E-state index contributed by atoms with van der Waals surface area (Å²) in [5, 5.41) is 0. The molecular formula is C23H32O6. The Labute approximate surface area is 172 Å². The summed E-state index contributed by atoms with van der Waals surface area (Å²) in [4.78, 5) is 25.7. The van der Waals surface area contributed by atoms with Gasteiger partial charge in [-0.1, -0.05) is 27.2 Å². The smallest absolute Gasteiger partial charge is 0.345 e. The molecule has 0 spiro atoms. The van der Waals surface area contributed by atoms with Crippen molar-refractivity contribution < 1.29 is 28.5 Å². The molecule has 0 amide bonds. The third kappa shape index (κ3) is 3.08. The molecule has 29 heavy (non-hydrogen) atoms. The van der Waals surface area contributed by atoms with Gasteiger partial charge >= 0.3 is 11.9 Å². The van der Waals surface area contributed by atoms with E-state index in [1.807, 2.05) is 0 Å². The highest BCUT2D eigenvalue weighted by Crippen LogP contribution is 2.68. The number of benzene rings is 1. The number of carbonyl (C=O) groups is 2. The predicted molar refractivity (Wildman–Crippen MR) is 109 cm³/mol. The van der Waals surface area contributed by atoms with Gasteiger partial charge in [-0.25, -0.2) is 9.59 Å². The maximum atomic E-state index is 12.9. The average molecular weight is 405 g/mol. The Balaban J connectivity index is 2.47. The molecule has 1 fully saturated rings. The van der Waals surface area contributed by atoms with Gasteiger partial charge in [0.2, 0.25) is 0 Å². The summed E-state index contributed by atoms with van der Waals surface area (Å²) < 4.78 is 21.6. The van der Waals surface area contributed by atoms with Gasteiger partial charge in [0.05, 0.1) is 28.4 Å².